The van der Waals surface area contributed by atoms with Gasteiger partial charge in [0.25, 0.3) is 0 Å². The number of rotatable bonds is 11. The zero-order valence-corrected chi connectivity index (χ0v) is 59.7. The molecule has 0 amide bonds. The Morgan fingerprint density at radius 1 is 0.511 bits per heavy atom. The number of benzene rings is 8. The largest absolute Gasteiger partial charge is 0.512 e. The minimum absolute atomic E-state index is 0. The van der Waals surface area contributed by atoms with Crippen LogP contribution in [0.5, 0.6) is 0 Å². The number of ketones is 1. The number of pyridine rings is 2. The summed E-state index contributed by atoms with van der Waals surface area (Å²) < 4.78 is 0. The van der Waals surface area contributed by atoms with Crippen LogP contribution in [0.15, 0.2) is 147 Å². The molecule has 2 aromatic heterocycles. The van der Waals surface area contributed by atoms with Gasteiger partial charge in [-0.3, -0.25) is 14.8 Å². The van der Waals surface area contributed by atoms with Gasteiger partial charge in [-0.1, -0.05) is 223 Å². The molecule has 4 nitrogen and oxygen atoms in total. The fraction of sp³-hybridized carbons (Fsp3) is 0.395. The van der Waals surface area contributed by atoms with Crippen LogP contribution in [0.2, 0.25) is 0 Å². The number of allylic oxidation sites excluding steroid dienone is 2. The minimum atomic E-state index is -0.248. The average molecular weight is 1380 g/mol. The molecule has 88 heavy (non-hydrogen) atoms. The molecule has 7 heteroatoms. The van der Waals surface area contributed by atoms with Gasteiger partial charge in [0.05, 0.1) is 0 Å². The molecule has 461 valence electrons. The average Bonchev–Trinajstić information content (AvgIpc) is 1.04. The smallest absolute Gasteiger partial charge is 0.162 e. The van der Waals surface area contributed by atoms with E-state index in [1.54, 1.807) is 0 Å². The molecule has 8 aromatic carbocycles. The van der Waals surface area contributed by atoms with Crippen LogP contribution in [0.25, 0.3) is 87.1 Å². The van der Waals surface area contributed by atoms with Crippen molar-refractivity contribution in [2.24, 2.45) is 33.0 Å². The third kappa shape index (κ3) is 13.9. The van der Waals surface area contributed by atoms with Crippen molar-refractivity contribution in [3.8, 4) is 22.5 Å². The van der Waals surface area contributed by atoms with Crippen LogP contribution >= 0.6 is 23.5 Å². The van der Waals surface area contributed by atoms with Crippen LogP contribution < -0.4 is 0 Å². The SMILES string of the molecule is CC(C)(C)Cc1c2c([c-]c3ccccc13)-c1nccc3c1c(cc1c(CC(C)(C)C)cccc13)S2.CCC(CC)C(=O)/C=C(\O)C(C)(CC)CC.Cc1ccc2c(CC(C)(C)C)c3c([c-]c2c1)-c1nccc2c1c(cc1c(CC(C)(C)C)cccc12)S3.[Ir]. The Balaban J connectivity index is 0.000000168. The van der Waals surface area contributed by atoms with Gasteiger partial charge < -0.3 is 5.11 Å². The summed E-state index contributed by atoms with van der Waals surface area (Å²) >= 11 is 3.86. The van der Waals surface area contributed by atoms with E-state index >= 15 is 0 Å². The fourth-order valence-corrected chi connectivity index (χ4v) is 15.6. The molecule has 0 saturated heterocycles. The normalized spacial score (nSPS) is 13.3. The van der Waals surface area contributed by atoms with E-state index in [9.17, 15) is 9.90 Å². The maximum Gasteiger partial charge on any atom is 0.162 e. The number of carbonyl (C=O) groups excluding carboxylic acids is 1. The maximum absolute atomic E-state index is 11.9. The zero-order valence-electron chi connectivity index (χ0n) is 55.7. The molecule has 2 aliphatic heterocycles. The number of aliphatic hydroxyl groups is 1. The van der Waals surface area contributed by atoms with Crippen molar-refractivity contribution in [1.82, 2.24) is 9.97 Å². The van der Waals surface area contributed by atoms with Crippen molar-refractivity contribution in [2.75, 3.05) is 0 Å². The standard InChI is InChI=1S/C34H34NS.C33H32NS.C14H26O2.Ir/c1-20-11-12-23-22(15-20)16-27-31-30-25(13-14-35-31)24-10-8-9-21(18-33(2,3)4)26(24)17-29(30)36-32(27)28(23)19-34(5,6)7;1-32(2,3)18-21-11-9-13-23-24-14-15-34-30-26-16-20-10-7-8-12-22(20)27(19-33(4,5)6)31(26)35-28(29(24)30)17-25(21)23;1-6-11(7-2)12(15)10-13(16)14(5,8-3)9-4;/h8-15,17H,18-19H2,1-7H3;7-15,17H,18-19H2,1-6H3;10-11,16H,6-9H2,1-5H3;/q2*-1;;/b;;13-10-;. The number of aryl methyl sites for hydroxylation is 1. The Morgan fingerprint density at radius 2 is 0.943 bits per heavy atom. The van der Waals surface area contributed by atoms with Gasteiger partial charge in [0.2, 0.25) is 0 Å². The first-order chi connectivity index (χ1) is 41.0. The molecule has 1 radical (unpaired) electrons. The van der Waals surface area contributed by atoms with Gasteiger partial charge in [0.1, 0.15) is 5.76 Å². The summed E-state index contributed by atoms with van der Waals surface area (Å²) in [6.07, 6.45) is 13.0. The quantitative estimate of drug-likeness (QED) is 0.0603. The fourth-order valence-electron chi connectivity index (χ4n) is 13.0. The summed E-state index contributed by atoms with van der Waals surface area (Å²) in [4.78, 5) is 27.1. The topological polar surface area (TPSA) is 63.1 Å². The first kappa shape index (κ1) is 66.6. The predicted octanol–water partition coefficient (Wildman–Crippen LogP) is 23.9. The van der Waals surface area contributed by atoms with Gasteiger partial charge in [-0.05, 0) is 168 Å². The molecule has 10 aromatic rings. The molecule has 0 saturated carbocycles. The van der Waals surface area contributed by atoms with Gasteiger partial charge >= 0.3 is 0 Å². The van der Waals surface area contributed by atoms with E-state index < -0.39 is 0 Å². The second kappa shape index (κ2) is 25.8. The van der Waals surface area contributed by atoms with E-state index in [0.29, 0.717) is 0 Å². The summed E-state index contributed by atoms with van der Waals surface area (Å²) in [5.74, 6) is 0.366. The van der Waals surface area contributed by atoms with E-state index in [1.165, 1.54) is 124 Å². The van der Waals surface area contributed by atoms with Crippen LogP contribution in [-0.4, -0.2) is 20.9 Å². The van der Waals surface area contributed by atoms with Crippen LogP contribution in [0.4, 0.5) is 0 Å². The van der Waals surface area contributed by atoms with Gasteiger partial charge in [-0.25, -0.2) is 0 Å². The summed E-state index contributed by atoms with van der Waals surface area (Å²) in [5.41, 5.74) is 12.1. The Morgan fingerprint density at radius 3 is 1.39 bits per heavy atom. The van der Waals surface area contributed by atoms with E-state index in [-0.39, 0.29) is 64.6 Å². The Hall–Kier alpha value is -5.82. The minimum Gasteiger partial charge on any atom is -0.512 e. The first-order valence-electron chi connectivity index (χ1n) is 32.0. The van der Waals surface area contributed by atoms with Crippen molar-refractivity contribution >= 4 is 93.9 Å². The number of nitrogens with zero attached hydrogens (tertiary/aromatic N) is 2. The third-order valence-corrected chi connectivity index (χ3v) is 20.2. The molecular formula is C81H92IrN2O2S2-2. The second-order valence-corrected chi connectivity index (χ2v) is 32.1. The number of fused-ring (bicyclic) bond motifs is 10. The first-order valence-corrected chi connectivity index (χ1v) is 33.6. The summed E-state index contributed by atoms with van der Waals surface area (Å²) in [7, 11) is 0. The molecule has 12 rings (SSSR count). The molecule has 2 aliphatic rings. The molecule has 0 unspecified atom stereocenters. The van der Waals surface area contributed by atoms with Crippen molar-refractivity contribution in [2.45, 2.75) is 196 Å². The van der Waals surface area contributed by atoms with Crippen molar-refractivity contribution in [1.29, 1.82) is 0 Å². The maximum atomic E-state index is 11.9. The van der Waals surface area contributed by atoms with Crippen LogP contribution in [0.1, 0.15) is 171 Å². The van der Waals surface area contributed by atoms with Crippen molar-refractivity contribution in [3.05, 3.63) is 167 Å². The summed E-state index contributed by atoms with van der Waals surface area (Å²) in [6.45, 7) is 40.2. The Bertz CT molecular complexity index is 4330. The second-order valence-electron chi connectivity index (χ2n) is 30.0. The van der Waals surface area contributed by atoms with E-state index in [1.807, 2.05) is 70.5 Å². The Kier molecular flexibility index (Phi) is 19.5. The van der Waals surface area contributed by atoms with Gasteiger partial charge in [0, 0.05) is 71.1 Å². The molecule has 0 bridgehead atoms. The molecule has 0 atom stereocenters. The number of hydrogen-bond donors (Lipinski definition) is 1. The number of hydrogen-bond acceptors (Lipinski definition) is 6. The molecule has 4 heterocycles. The predicted molar refractivity (Wildman–Crippen MR) is 376 cm³/mol. The summed E-state index contributed by atoms with van der Waals surface area (Å²) in [6, 6.07) is 46.1. The molecule has 0 aliphatic carbocycles. The zero-order chi connectivity index (χ0) is 62.7. The summed E-state index contributed by atoms with van der Waals surface area (Å²) in [5, 5.41) is 25.6. The van der Waals surface area contributed by atoms with Crippen LogP contribution in [-0.2, 0) is 50.6 Å². The van der Waals surface area contributed by atoms with E-state index in [0.717, 1.165) is 68.3 Å². The van der Waals surface area contributed by atoms with Gasteiger partial charge in [-0.15, -0.1) is 58.6 Å². The third-order valence-electron chi connectivity index (χ3n) is 17.8. The van der Waals surface area contributed by atoms with Crippen molar-refractivity contribution in [3.63, 3.8) is 0 Å². The Labute approximate surface area is 548 Å². The van der Waals surface area contributed by atoms with Crippen LogP contribution in [0.3, 0.4) is 0 Å². The molecule has 1 N–H and O–H groups in total. The van der Waals surface area contributed by atoms with E-state index in [2.05, 4.69) is 205 Å². The molecular weight excluding hydrogens is 1290 g/mol. The molecule has 0 fully saturated rings. The monoisotopic (exact) mass is 1380 g/mol. The van der Waals surface area contributed by atoms with Crippen molar-refractivity contribution < 1.29 is 30.0 Å². The number of carbonyl (C=O) groups is 1. The number of aromatic nitrogens is 2. The van der Waals surface area contributed by atoms with Gasteiger partial charge in [0.15, 0.2) is 5.78 Å². The van der Waals surface area contributed by atoms with Gasteiger partial charge in [-0.2, -0.15) is 0 Å². The molecule has 0 spiro atoms. The number of aliphatic hydroxyl groups excluding tert-OH is 1. The van der Waals surface area contributed by atoms with E-state index in [4.69, 9.17) is 9.97 Å². The van der Waals surface area contributed by atoms with Crippen LogP contribution in [0, 0.1) is 52.0 Å².